The Kier molecular flexibility index (Phi) is 3.58. The van der Waals surface area contributed by atoms with Crippen molar-refractivity contribution in [3.8, 4) is 0 Å². The molecule has 19 heavy (non-hydrogen) atoms. The number of aryl methyl sites for hydroxylation is 1. The van der Waals surface area contributed by atoms with Crippen LogP contribution in [0.2, 0.25) is 0 Å². The molecule has 0 atom stereocenters. The van der Waals surface area contributed by atoms with E-state index >= 15 is 0 Å². The molecule has 0 fully saturated rings. The predicted octanol–water partition coefficient (Wildman–Crippen LogP) is 5.06. The highest BCUT2D eigenvalue weighted by Gasteiger charge is 2.09. The zero-order valence-electron chi connectivity index (χ0n) is 10.7. The van der Waals surface area contributed by atoms with Gasteiger partial charge in [-0.25, -0.2) is 0 Å². The lowest BCUT2D eigenvalue weighted by molar-refractivity contribution is 1.22. The van der Waals surface area contributed by atoms with Crippen LogP contribution >= 0.6 is 24.4 Å². The van der Waals surface area contributed by atoms with Crippen LogP contribution in [0.15, 0.2) is 58.3 Å². The fourth-order valence-corrected chi connectivity index (χ4v) is 3.72. The average molecular weight is 285 g/mol. The lowest BCUT2D eigenvalue weighted by Gasteiger charge is -2.05. The van der Waals surface area contributed by atoms with Gasteiger partial charge in [-0.3, -0.25) is 0 Å². The molecule has 0 saturated heterocycles. The second-order valence-corrected chi connectivity index (χ2v) is 6.01. The lowest BCUT2D eigenvalue weighted by atomic mass is 10.2. The van der Waals surface area contributed by atoms with Crippen LogP contribution in [0.4, 0.5) is 0 Å². The van der Waals surface area contributed by atoms with Crippen LogP contribution in [0.3, 0.4) is 0 Å². The smallest absolute Gasteiger partial charge is 0.0467 e. The molecule has 0 aliphatic rings. The number of thioether (sulfide) groups is 1. The Morgan fingerprint density at radius 2 is 1.79 bits per heavy atom. The van der Waals surface area contributed by atoms with Gasteiger partial charge in [0.05, 0.1) is 0 Å². The zero-order chi connectivity index (χ0) is 13.2. The number of rotatable bonds is 3. The monoisotopic (exact) mass is 285 g/mol. The van der Waals surface area contributed by atoms with E-state index in [2.05, 4.69) is 60.9 Å². The maximum absolute atomic E-state index is 4.51. The van der Waals surface area contributed by atoms with Crippen LogP contribution in [-0.2, 0) is 5.75 Å². The minimum absolute atomic E-state index is 0.947. The zero-order valence-corrected chi connectivity index (χ0v) is 12.4. The minimum Gasteiger partial charge on any atom is -0.358 e. The number of hydrogen-bond acceptors (Lipinski definition) is 2. The Bertz CT molecular complexity index is 716. The summed E-state index contributed by atoms with van der Waals surface area (Å²) in [6, 6.07) is 16.7. The molecule has 3 aromatic rings. The molecule has 3 rings (SSSR count). The molecule has 1 N–H and O–H groups in total. The summed E-state index contributed by atoms with van der Waals surface area (Å²) in [5.74, 6) is 0.947. The molecular formula is C16H15NS2. The van der Waals surface area contributed by atoms with Crippen molar-refractivity contribution in [3.63, 3.8) is 0 Å². The SMILES string of the molecule is Cc1[nH]c2ccccc2c1SCc1ccccc1S. The fourth-order valence-electron chi connectivity index (χ4n) is 2.22. The Balaban J connectivity index is 1.90. The first-order valence-electron chi connectivity index (χ1n) is 6.22. The Hall–Kier alpha value is -1.32. The second-order valence-electron chi connectivity index (χ2n) is 4.54. The number of thiol groups is 1. The highest BCUT2D eigenvalue weighted by molar-refractivity contribution is 7.98. The Morgan fingerprint density at radius 1 is 1.05 bits per heavy atom. The van der Waals surface area contributed by atoms with E-state index in [1.165, 1.54) is 27.1 Å². The Labute approximate surface area is 122 Å². The molecular weight excluding hydrogens is 270 g/mol. The van der Waals surface area contributed by atoms with E-state index in [0.29, 0.717) is 0 Å². The number of nitrogens with one attached hydrogen (secondary N) is 1. The summed E-state index contributed by atoms with van der Waals surface area (Å²) in [5.41, 5.74) is 3.73. The third-order valence-corrected chi connectivity index (χ3v) is 4.90. The van der Waals surface area contributed by atoms with E-state index in [1.54, 1.807) is 0 Å². The van der Waals surface area contributed by atoms with Crippen molar-refractivity contribution < 1.29 is 0 Å². The highest BCUT2D eigenvalue weighted by atomic mass is 32.2. The number of H-pyrrole nitrogens is 1. The maximum atomic E-state index is 4.51. The van der Waals surface area contributed by atoms with Crippen LogP contribution in [0, 0.1) is 6.92 Å². The molecule has 0 saturated carbocycles. The van der Waals surface area contributed by atoms with Crippen LogP contribution in [0.5, 0.6) is 0 Å². The summed E-state index contributed by atoms with van der Waals surface area (Å²) in [6.45, 7) is 2.13. The van der Waals surface area contributed by atoms with Crippen molar-refractivity contribution in [1.82, 2.24) is 4.98 Å². The van der Waals surface area contributed by atoms with Crippen molar-refractivity contribution in [2.75, 3.05) is 0 Å². The molecule has 0 aliphatic heterocycles. The number of benzene rings is 2. The Morgan fingerprint density at radius 3 is 2.63 bits per heavy atom. The first-order valence-corrected chi connectivity index (χ1v) is 7.66. The lowest BCUT2D eigenvalue weighted by Crippen LogP contribution is -1.83. The molecule has 0 spiro atoms. The number of hydrogen-bond donors (Lipinski definition) is 2. The van der Waals surface area contributed by atoms with Crippen molar-refractivity contribution in [2.24, 2.45) is 0 Å². The van der Waals surface area contributed by atoms with E-state index in [9.17, 15) is 0 Å². The summed E-state index contributed by atoms with van der Waals surface area (Å²) < 4.78 is 0. The fraction of sp³-hybridized carbons (Fsp3) is 0.125. The molecule has 1 heterocycles. The van der Waals surface area contributed by atoms with Gasteiger partial charge < -0.3 is 4.98 Å². The maximum Gasteiger partial charge on any atom is 0.0467 e. The van der Waals surface area contributed by atoms with Gasteiger partial charge in [-0.2, -0.15) is 0 Å². The largest absolute Gasteiger partial charge is 0.358 e. The van der Waals surface area contributed by atoms with Crippen LogP contribution in [-0.4, -0.2) is 4.98 Å². The van der Waals surface area contributed by atoms with Crippen molar-refractivity contribution in [1.29, 1.82) is 0 Å². The van der Waals surface area contributed by atoms with Crippen LogP contribution in [0.1, 0.15) is 11.3 Å². The molecule has 0 unspecified atom stereocenters. The highest BCUT2D eigenvalue weighted by Crippen LogP contribution is 2.34. The van der Waals surface area contributed by atoms with Gasteiger partial charge in [0.1, 0.15) is 0 Å². The molecule has 0 bridgehead atoms. The normalized spacial score (nSPS) is 11.1. The summed E-state index contributed by atoms with van der Waals surface area (Å²) in [6.07, 6.45) is 0. The minimum atomic E-state index is 0.947. The van der Waals surface area contributed by atoms with Crippen LogP contribution < -0.4 is 0 Å². The predicted molar refractivity (Wildman–Crippen MR) is 86.3 cm³/mol. The van der Waals surface area contributed by atoms with Gasteiger partial charge in [-0.1, -0.05) is 36.4 Å². The van der Waals surface area contributed by atoms with Crippen molar-refractivity contribution in [3.05, 3.63) is 59.8 Å². The van der Waals surface area contributed by atoms with E-state index < -0.39 is 0 Å². The quantitative estimate of drug-likeness (QED) is 0.508. The summed E-state index contributed by atoms with van der Waals surface area (Å²) in [5, 5.41) is 1.31. The number of fused-ring (bicyclic) bond motifs is 1. The number of aromatic amines is 1. The van der Waals surface area contributed by atoms with Crippen molar-refractivity contribution >= 4 is 35.3 Å². The topological polar surface area (TPSA) is 15.8 Å². The van der Waals surface area contributed by atoms with Gasteiger partial charge in [0.15, 0.2) is 0 Å². The van der Waals surface area contributed by atoms with Gasteiger partial charge in [0.2, 0.25) is 0 Å². The summed E-state index contributed by atoms with van der Waals surface area (Å²) in [4.78, 5) is 5.84. The van der Waals surface area contributed by atoms with Gasteiger partial charge in [0.25, 0.3) is 0 Å². The molecule has 96 valence electrons. The van der Waals surface area contributed by atoms with Gasteiger partial charge in [-0.15, -0.1) is 24.4 Å². The molecule has 0 radical (unpaired) electrons. The molecule has 1 nitrogen and oxygen atoms in total. The standard InChI is InChI=1S/C16H15NS2/c1-11-16(13-7-3-4-8-14(13)17-11)19-10-12-6-2-5-9-15(12)18/h2-9,17-18H,10H2,1H3. The summed E-state index contributed by atoms with van der Waals surface area (Å²) in [7, 11) is 0. The second kappa shape index (κ2) is 5.35. The van der Waals surface area contributed by atoms with Gasteiger partial charge in [-0.05, 0) is 24.6 Å². The molecule has 1 aromatic heterocycles. The average Bonchev–Trinajstić information content (AvgIpc) is 2.74. The van der Waals surface area contributed by atoms with E-state index in [4.69, 9.17) is 0 Å². The number of aromatic nitrogens is 1. The van der Waals surface area contributed by atoms with Crippen molar-refractivity contribution in [2.45, 2.75) is 22.5 Å². The summed E-state index contributed by atoms with van der Waals surface area (Å²) >= 11 is 6.38. The van der Waals surface area contributed by atoms with E-state index in [-0.39, 0.29) is 0 Å². The third-order valence-electron chi connectivity index (χ3n) is 3.20. The molecule has 0 amide bonds. The third kappa shape index (κ3) is 2.53. The van der Waals surface area contributed by atoms with Crippen LogP contribution in [0.25, 0.3) is 10.9 Å². The first kappa shape index (κ1) is 12.7. The molecule has 3 heteroatoms. The van der Waals surface area contributed by atoms with E-state index in [0.717, 1.165) is 10.6 Å². The number of para-hydroxylation sites is 1. The first-order chi connectivity index (χ1) is 9.25. The van der Waals surface area contributed by atoms with Gasteiger partial charge in [0, 0.05) is 32.1 Å². The molecule has 2 aromatic carbocycles. The van der Waals surface area contributed by atoms with E-state index in [1.807, 2.05) is 23.9 Å². The van der Waals surface area contributed by atoms with Gasteiger partial charge >= 0.3 is 0 Å². The molecule has 0 aliphatic carbocycles.